The minimum atomic E-state index is -0.891. The van der Waals surface area contributed by atoms with Gasteiger partial charge in [0, 0.05) is 55.9 Å². The molecule has 3 fully saturated rings. The van der Waals surface area contributed by atoms with Crippen LogP contribution >= 0.6 is 0 Å². The number of rotatable bonds is 4. The Bertz CT molecular complexity index is 1390. The molecule has 0 amide bonds. The molecule has 1 aromatic carbocycles. The highest BCUT2D eigenvalue weighted by Crippen LogP contribution is 2.49. The summed E-state index contributed by atoms with van der Waals surface area (Å²) in [6.45, 7) is 3.97. The Morgan fingerprint density at radius 2 is 2.07 bits per heavy atom. The second-order valence-electron chi connectivity index (χ2n) is 12.3. The molecule has 0 bridgehead atoms. The van der Waals surface area contributed by atoms with Gasteiger partial charge < -0.3 is 24.8 Å². The number of nitriles is 1. The van der Waals surface area contributed by atoms with Gasteiger partial charge in [0.1, 0.15) is 24.4 Å². The molecule has 5 heterocycles. The van der Waals surface area contributed by atoms with Crippen molar-refractivity contribution in [3.63, 3.8) is 0 Å². The van der Waals surface area contributed by atoms with Crippen LogP contribution in [-0.4, -0.2) is 67.6 Å². The molecular weight excluding hydrogens is 528 g/mol. The lowest BCUT2D eigenvalue weighted by atomic mass is 9.72. The molecule has 0 saturated carbocycles. The van der Waals surface area contributed by atoms with E-state index in [2.05, 4.69) is 11.0 Å². The maximum atomic E-state index is 16.4. The van der Waals surface area contributed by atoms with Crippen molar-refractivity contribution in [2.75, 3.05) is 56.6 Å². The summed E-state index contributed by atoms with van der Waals surface area (Å²) in [6, 6.07) is 6.11. The fourth-order valence-corrected chi connectivity index (χ4v) is 8.01. The quantitative estimate of drug-likeness (QED) is 0.552. The molecule has 1 spiro atoms. The number of aryl methyl sites for hydroxylation is 1. The van der Waals surface area contributed by atoms with E-state index in [1.807, 2.05) is 11.0 Å². The summed E-state index contributed by atoms with van der Waals surface area (Å²) in [5.41, 5.74) is 9.79. The molecule has 3 unspecified atom stereocenters. The minimum Gasteiger partial charge on any atom is -0.474 e. The first kappa shape index (κ1) is 26.9. The zero-order chi connectivity index (χ0) is 28.2. The topological polar surface area (TPSA) is 96.9 Å². The van der Waals surface area contributed by atoms with Gasteiger partial charge in [0.05, 0.1) is 35.7 Å². The molecule has 4 aliphatic heterocycles. The Hall–Kier alpha value is -3.00. The van der Waals surface area contributed by atoms with Crippen LogP contribution < -0.4 is 15.4 Å². The van der Waals surface area contributed by atoms with Crippen molar-refractivity contribution in [2.24, 2.45) is 0 Å². The van der Waals surface area contributed by atoms with Crippen molar-refractivity contribution in [3.05, 3.63) is 45.9 Å². The average molecular weight is 566 g/mol. The maximum Gasteiger partial charge on any atom is 0.252 e. The number of benzene rings is 1. The number of anilines is 2. The minimum absolute atomic E-state index is 0.0337. The predicted octanol–water partition coefficient (Wildman–Crippen LogP) is 4.16. The van der Waals surface area contributed by atoms with Crippen LogP contribution in [0.3, 0.4) is 0 Å². The Kier molecular flexibility index (Phi) is 6.80. The lowest BCUT2D eigenvalue weighted by molar-refractivity contribution is -0.0856. The van der Waals surface area contributed by atoms with Crippen LogP contribution in [-0.2, 0) is 34.5 Å². The maximum absolute atomic E-state index is 16.4. The molecule has 2 aromatic rings. The van der Waals surface area contributed by atoms with E-state index >= 15 is 4.39 Å². The highest BCUT2D eigenvalue weighted by atomic mass is 19.1. The highest BCUT2D eigenvalue weighted by Gasteiger charge is 2.50. The van der Waals surface area contributed by atoms with Crippen LogP contribution in [0.5, 0.6) is 5.88 Å². The molecule has 218 valence electrons. The van der Waals surface area contributed by atoms with E-state index in [4.69, 9.17) is 24.9 Å². The number of hydrogen-bond acceptors (Lipinski definition) is 8. The number of nitrogens with two attached hydrogens (primary N) is 1. The first-order chi connectivity index (χ1) is 19.9. The van der Waals surface area contributed by atoms with E-state index < -0.39 is 23.1 Å². The molecular formula is C31H37F2N5O3. The van der Waals surface area contributed by atoms with Crippen LogP contribution in [0.4, 0.5) is 20.2 Å². The summed E-state index contributed by atoms with van der Waals surface area (Å²) in [6.07, 6.45) is 4.98. The number of nitrogens with zero attached hydrogens (tertiary/aromatic N) is 4. The van der Waals surface area contributed by atoms with Crippen molar-refractivity contribution in [2.45, 2.75) is 75.3 Å². The summed E-state index contributed by atoms with van der Waals surface area (Å²) in [5, 5.41) is 10.1. The van der Waals surface area contributed by atoms with Gasteiger partial charge in [0.2, 0.25) is 5.82 Å². The second kappa shape index (κ2) is 10.4. The first-order valence-corrected chi connectivity index (χ1v) is 14.9. The number of pyridine rings is 1. The third kappa shape index (κ3) is 4.44. The fraction of sp³-hybridized carbons (Fsp3) is 0.613. The van der Waals surface area contributed by atoms with Gasteiger partial charge in [-0.25, -0.2) is 9.37 Å². The van der Waals surface area contributed by atoms with Crippen molar-refractivity contribution in [1.29, 1.82) is 5.26 Å². The van der Waals surface area contributed by atoms with Crippen molar-refractivity contribution in [1.82, 2.24) is 9.88 Å². The number of nitrogen functional groups attached to an aromatic ring is 1. The van der Waals surface area contributed by atoms with Crippen LogP contribution in [0, 0.1) is 17.1 Å². The highest BCUT2D eigenvalue weighted by molar-refractivity contribution is 5.64. The van der Waals surface area contributed by atoms with E-state index in [0.717, 1.165) is 67.5 Å². The van der Waals surface area contributed by atoms with Crippen molar-refractivity contribution < 1.29 is 23.0 Å². The van der Waals surface area contributed by atoms with Gasteiger partial charge in [0.15, 0.2) is 0 Å². The van der Waals surface area contributed by atoms with E-state index in [1.54, 1.807) is 6.07 Å². The molecule has 10 heteroatoms. The van der Waals surface area contributed by atoms with Gasteiger partial charge in [-0.1, -0.05) is 6.07 Å². The summed E-state index contributed by atoms with van der Waals surface area (Å²) in [4.78, 5) is 9.01. The zero-order valence-electron chi connectivity index (χ0n) is 23.4. The largest absolute Gasteiger partial charge is 0.474 e. The van der Waals surface area contributed by atoms with Gasteiger partial charge in [-0.15, -0.1) is 0 Å². The lowest BCUT2D eigenvalue weighted by Gasteiger charge is -2.43. The third-order valence-corrected chi connectivity index (χ3v) is 9.91. The molecule has 7 rings (SSSR count). The van der Waals surface area contributed by atoms with Crippen LogP contribution in [0.25, 0.3) is 0 Å². The molecule has 1 aromatic heterocycles. The molecule has 3 saturated heterocycles. The number of halogens is 2. The number of hydrogen-bond donors (Lipinski definition) is 1. The van der Waals surface area contributed by atoms with Gasteiger partial charge in [-0.05, 0) is 56.7 Å². The van der Waals surface area contributed by atoms with Gasteiger partial charge in [0.25, 0.3) is 5.88 Å². The average Bonchev–Trinajstić information content (AvgIpc) is 3.35. The molecule has 3 atom stereocenters. The normalized spacial score (nSPS) is 29.5. The summed E-state index contributed by atoms with van der Waals surface area (Å²) in [5.74, 6) is -0.527. The van der Waals surface area contributed by atoms with E-state index in [9.17, 15) is 9.65 Å². The van der Waals surface area contributed by atoms with E-state index in [1.165, 1.54) is 0 Å². The standard InChI is InChI=1S/C31H37F2N5O3/c32-21-14-30(7-2-10-38(30)17-21)19-40-29-27(33)28(37-9-3-12-39-13-11-37)23-18-41-31(15-25(23)36-29)8-1-4-20-5-6-24(35)22(16-34)26(20)31/h5-6,21H,1-4,7-15,17-19,35H2. The van der Waals surface area contributed by atoms with Crippen LogP contribution in [0.15, 0.2) is 12.1 Å². The molecule has 41 heavy (non-hydrogen) atoms. The first-order valence-electron chi connectivity index (χ1n) is 14.9. The lowest BCUT2D eigenvalue weighted by Crippen LogP contribution is -2.44. The number of ether oxygens (including phenoxy) is 3. The van der Waals surface area contributed by atoms with Gasteiger partial charge in [-0.2, -0.15) is 9.65 Å². The summed E-state index contributed by atoms with van der Waals surface area (Å²) in [7, 11) is 0. The van der Waals surface area contributed by atoms with Crippen LogP contribution in [0.2, 0.25) is 0 Å². The Morgan fingerprint density at radius 1 is 1.17 bits per heavy atom. The van der Waals surface area contributed by atoms with Gasteiger partial charge in [-0.3, -0.25) is 4.90 Å². The monoisotopic (exact) mass is 565 g/mol. The second-order valence-corrected chi connectivity index (χ2v) is 12.3. The molecule has 8 nitrogen and oxygen atoms in total. The zero-order valence-corrected chi connectivity index (χ0v) is 23.4. The smallest absolute Gasteiger partial charge is 0.252 e. The molecule has 0 radical (unpaired) electrons. The molecule has 1 aliphatic carbocycles. The fourth-order valence-electron chi connectivity index (χ4n) is 8.01. The van der Waals surface area contributed by atoms with E-state index in [0.29, 0.717) is 62.6 Å². The SMILES string of the molecule is N#Cc1c(N)ccc2c1C1(CCC2)Cc2nc(OCC34CCCN3CC(F)C4)c(F)c(N3CCCOCC3)c2CO1. The number of aromatic nitrogens is 1. The van der Waals surface area contributed by atoms with E-state index in [-0.39, 0.29) is 19.1 Å². The number of fused-ring (bicyclic) bond motifs is 4. The third-order valence-electron chi connectivity index (χ3n) is 9.91. The summed E-state index contributed by atoms with van der Waals surface area (Å²) >= 11 is 0. The molecule has 5 aliphatic rings. The Balaban J connectivity index is 1.30. The number of alkyl halides is 1. The van der Waals surface area contributed by atoms with Crippen molar-refractivity contribution >= 4 is 11.4 Å². The Morgan fingerprint density at radius 3 is 2.95 bits per heavy atom. The molecule has 2 N–H and O–H groups in total. The predicted molar refractivity (Wildman–Crippen MR) is 149 cm³/mol. The summed E-state index contributed by atoms with van der Waals surface area (Å²) < 4.78 is 49.5. The van der Waals surface area contributed by atoms with Crippen LogP contribution in [0.1, 0.15) is 66.5 Å². The van der Waals surface area contributed by atoms with Crippen molar-refractivity contribution in [3.8, 4) is 11.9 Å². The van der Waals surface area contributed by atoms with Gasteiger partial charge >= 0.3 is 0 Å². The Labute approximate surface area is 239 Å².